The van der Waals surface area contributed by atoms with Crippen molar-refractivity contribution in [3.63, 3.8) is 0 Å². The molecule has 3 N–H and O–H groups in total. The lowest BCUT2D eigenvalue weighted by Crippen LogP contribution is -2.04. The molecule has 0 atom stereocenters. The molecule has 0 unspecified atom stereocenters. The summed E-state index contributed by atoms with van der Waals surface area (Å²) in [4.78, 5) is 14.9. The van der Waals surface area contributed by atoms with Gasteiger partial charge in [0.25, 0.3) is 0 Å². The SMILES string of the molecule is O=C(O)c1ccnc(NCc2cccc(CO)c2)c1. The van der Waals surface area contributed by atoms with Crippen LogP contribution in [0.25, 0.3) is 0 Å². The first-order valence-electron chi connectivity index (χ1n) is 5.81. The number of carbonyl (C=O) groups is 1. The first kappa shape index (κ1) is 13.0. The Morgan fingerprint density at radius 2 is 2.00 bits per heavy atom. The summed E-state index contributed by atoms with van der Waals surface area (Å²) in [6.45, 7) is 0.518. The highest BCUT2D eigenvalue weighted by Crippen LogP contribution is 2.10. The third-order valence-electron chi connectivity index (χ3n) is 2.65. The molecule has 1 heterocycles. The number of carboxylic acids is 1. The van der Waals surface area contributed by atoms with E-state index >= 15 is 0 Å². The van der Waals surface area contributed by atoms with Crippen molar-refractivity contribution >= 4 is 11.8 Å². The molecule has 0 aliphatic rings. The summed E-state index contributed by atoms with van der Waals surface area (Å²) in [7, 11) is 0. The van der Waals surface area contributed by atoms with Gasteiger partial charge in [-0.3, -0.25) is 0 Å². The van der Waals surface area contributed by atoms with Crippen molar-refractivity contribution in [3.05, 3.63) is 59.3 Å². The molecule has 98 valence electrons. The van der Waals surface area contributed by atoms with Crippen LogP contribution in [-0.4, -0.2) is 21.2 Å². The number of carboxylic acid groups (broad SMARTS) is 1. The molecule has 0 amide bonds. The number of nitrogens with one attached hydrogen (secondary N) is 1. The van der Waals surface area contributed by atoms with Crippen LogP contribution in [0.4, 0.5) is 5.82 Å². The molecular weight excluding hydrogens is 244 g/mol. The number of aromatic nitrogens is 1. The van der Waals surface area contributed by atoms with Crippen LogP contribution in [0.2, 0.25) is 0 Å². The summed E-state index contributed by atoms with van der Waals surface area (Å²) in [6.07, 6.45) is 1.45. The predicted molar refractivity (Wildman–Crippen MR) is 70.9 cm³/mol. The minimum Gasteiger partial charge on any atom is -0.478 e. The van der Waals surface area contributed by atoms with Gasteiger partial charge in [-0.15, -0.1) is 0 Å². The van der Waals surface area contributed by atoms with E-state index in [-0.39, 0.29) is 12.2 Å². The fraction of sp³-hybridized carbons (Fsp3) is 0.143. The van der Waals surface area contributed by atoms with Crippen LogP contribution < -0.4 is 5.32 Å². The molecule has 0 aliphatic carbocycles. The van der Waals surface area contributed by atoms with Crippen molar-refractivity contribution in [1.82, 2.24) is 4.98 Å². The first-order chi connectivity index (χ1) is 9.19. The van der Waals surface area contributed by atoms with Crippen LogP contribution in [0.3, 0.4) is 0 Å². The second-order valence-electron chi connectivity index (χ2n) is 4.07. The fourth-order valence-corrected chi connectivity index (χ4v) is 1.69. The van der Waals surface area contributed by atoms with E-state index in [0.29, 0.717) is 12.4 Å². The van der Waals surface area contributed by atoms with Crippen molar-refractivity contribution in [2.24, 2.45) is 0 Å². The number of aliphatic hydroxyl groups is 1. The average Bonchev–Trinajstić information content (AvgIpc) is 2.45. The van der Waals surface area contributed by atoms with Gasteiger partial charge in [0.15, 0.2) is 0 Å². The number of rotatable bonds is 5. The van der Waals surface area contributed by atoms with E-state index in [4.69, 9.17) is 10.2 Å². The Labute approximate surface area is 110 Å². The van der Waals surface area contributed by atoms with Crippen molar-refractivity contribution in [2.45, 2.75) is 13.2 Å². The number of nitrogens with zero attached hydrogens (tertiary/aromatic N) is 1. The number of aromatic carboxylic acids is 1. The summed E-state index contributed by atoms with van der Waals surface area (Å²) in [5.74, 6) is -0.470. The van der Waals surface area contributed by atoms with Gasteiger partial charge in [-0.2, -0.15) is 0 Å². The van der Waals surface area contributed by atoms with Gasteiger partial charge in [0, 0.05) is 12.7 Å². The molecule has 0 aliphatic heterocycles. The van der Waals surface area contributed by atoms with Crippen LogP contribution in [-0.2, 0) is 13.2 Å². The van der Waals surface area contributed by atoms with Gasteiger partial charge in [0.2, 0.25) is 0 Å². The molecule has 2 rings (SSSR count). The number of hydrogen-bond donors (Lipinski definition) is 3. The van der Waals surface area contributed by atoms with Crippen LogP contribution >= 0.6 is 0 Å². The van der Waals surface area contributed by atoms with Gasteiger partial charge in [-0.05, 0) is 23.3 Å². The van der Waals surface area contributed by atoms with Crippen molar-refractivity contribution < 1.29 is 15.0 Å². The molecule has 5 nitrogen and oxygen atoms in total. The number of pyridine rings is 1. The quantitative estimate of drug-likeness (QED) is 0.762. The minimum absolute atomic E-state index is 0.000585. The van der Waals surface area contributed by atoms with E-state index in [1.165, 1.54) is 18.3 Å². The van der Waals surface area contributed by atoms with Gasteiger partial charge in [0.1, 0.15) is 5.82 Å². The van der Waals surface area contributed by atoms with Crippen LogP contribution in [0.5, 0.6) is 0 Å². The first-order valence-corrected chi connectivity index (χ1v) is 5.81. The maximum absolute atomic E-state index is 10.8. The Balaban J connectivity index is 2.05. The van der Waals surface area contributed by atoms with Gasteiger partial charge < -0.3 is 15.5 Å². The van der Waals surface area contributed by atoms with E-state index < -0.39 is 5.97 Å². The normalized spacial score (nSPS) is 10.2. The summed E-state index contributed by atoms with van der Waals surface area (Å²) in [5, 5.41) is 21.0. The van der Waals surface area contributed by atoms with Crippen LogP contribution in [0, 0.1) is 0 Å². The van der Waals surface area contributed by atoms with Crippen molar-refractivity contribution in [1.29, 1.82) is 0 Å². The average molecular weight is 258 g/mol. The second-order valence-corrected chi connectivity index (χ2v) is 4.07. The Kier molecular flexibility index (Phi) is 4.10. The van der Waals surface area contributed by atoms with E-state index in [1.807, 2.05) is 24.3 Å². The van der Waals surface area contributed by atoms with Crippen molar-refractivity contribution in [2.75, 3.05) is 5.32 Å². The van der Waals surface area contributed by atoms with Crippen LogP contribution in [0.1, 0.15) is 21.5 Å². The Morgan fingerprint density at radius 1 is 1.21 bits per heavy atom. The molecule has 0 radical (unpaired) electrons. The lowest BCUT2D eigenvalue weighted by molar-refractivity contribution is 0.0697. The standard InChI is InChI=1S/C14H14N2O3/c17-9-11-3-1-2-10(6-11)8-16-13-7-12(14(18)19)4-5-15-13/h1-7,17H,8-9H2,(H,15,16)(H,18,19). The summed E-state index contributed by atoms with van der Waals surface area (Å²) in [6, 6.07) is 10.4. The molecule has 0 saturated carbocycles. The number of aliphatic hydroxyl groups excluding tert-OH is 1. The van der Waals surface area contributed by atoms with Gasteiger partial charge in [0.05, 0.1) is 12.2 Å². The maximum Gasteiger partial charge on any atom is 0.335 e. The molecule has 0 bridgehead atoms. The summed E-state index contributed by atoms with van der Waals surface area (Å²) >= 11 is 0. The van der Waals surface area contributed by atoms with Gasteiger partial charge in [-0.25, -0.2) is 9.78 Å². The minimum atomic E-state index is -0.979. The van der Waals surface area contributed by atoms with Crippen LogP contribution in [0.15, 0.2) is 42.6 Å². The van der Waals surface area contributed by atoms with E-state index in [9.17, 15) is 4.79 Å². The fourth-order valence-electron chi connectivity index (χ4n) is 1.69. The number of hydrogen-bond acceptors (Lipinski definition) is 4. The number of anilines is 1. The molecule has 1 aromatic heterocycles. The summed E-state index contributed by atoms with van der Waals surface area (Å²) in [5.41, 5.74) is 2.03. The number of benzene rings is 1. The predicted octanol–water partition coefficient (Wildman–Crippen LogP) is 1.88. The third-order valence-corrected chi connectivity index (χ3v) is 2.65. The van der Waals surface area contributed by atoms with E-state index in [1.54, 1.807) is 0 Å². The Hall–Kier alpha value is -2.40. The second kappa shape index (κ2) is 5.97. The molecule has 1 aromatic carbocycles. The molecule has 0 saturated heterocycles. The van der Waals surface area contributed by atoms with Gasteiger partial charge >= 0.3 is 5.97 Å². The van der Waals surface area contributed by atoms with Gasteiger partial charge in [-0.1, -0.05) is 24.3 Å². The highest BCUT2D eigenvalue weighted by Gasteiger charge is 2.04. The van der Waals surface area contributed by atoms with E-state index in [0.717, 1.165) is 11.1 Å². The highest BCUT2D eigenvalue weighted by atomic mass is 16.4. The topological polar surface area (TPSA) is 82.5 Å². The Bertz CT molecular complexity index is 584. The zero-order chi connectivity index (χ0) is 13.7. The van der Waals surface area contributed by atoms with E-state index in [2.05, 4.69) is 10.3 Å². The largest absolute Gasteiger partial charge is 0.478 e. The zero-order valence-corrected chi connectivity index (χ0v) is 10.2. The molecule has 0 spiro atoms. The molecule has 0 fully saturated rings. The smallest absolute Gasteiger partial charge is 0.335 e. The zero-order valence-electron chi connectivity index (χ0n) is 10.2. The monoisotopic (exact) mass is 258 g/mol. The third kappa shape index (κ3) is 3.53. The maximum atomic E-state index is 10.8. The summed E-state index contributed by atoms with van der Waals surface area (Å²) < 4.78 is 0. The molecule has 19 heavy (non-hydrogen) atoms. The highest BCUT2D eigenvalue weighted by molar-refractivity contribution is 5.88. The lowest BCUT2D eigenvalue weighted by atomic mass is 10.1. The lowest BCUT2D eigenvalue weighted by Gasteiger charge is -2.07. The molecule has 5 heteroatoms. The Morgan fingerprint density at radius 3 is 2.74 bits per heavy atom. The molecule has 2 aromatic rings. The van der Waals surface area contributed by atoms with Crippen molar-refractivity contribution in [3.8, 4) is 0 Å². The molecular formula is C14H14N2O3.